The molecule has 0 saturated heterocycles. The Kier molecular flexibility index (Phi) is 3.66. The van der Waals surface area contributed by atoms with Crippen molar-refractivity contribution >= 4 is 0 Å². The molecule has 1 N–H and O–H groups in total. The van der Waals surface area contributed by atoms with Gasteiger partial charge < -0.3 is 5.32 Å². The van der Waals surface area contributed by atoms with Crippen LogP contribution in [0.25, 0.3) is 5.69 Å². The number of tetrazole rings is 1. The molecule has 1 aromatic heterocycles. The van der Waals surface area contributed by atoms with E-state index in [0.717, 1.165) is 6.54 Å². The number of halogens is 1. The minimum Gasteiger partial charge on any atom is -0.308 e. The van der Waals surface area contributed by atoms with Crippen molar-refractivity contribution in [3.8, 4) is 5.69 Å². The maximum Gasteiger partial charge on any atom is 0.173 e. The maximum absolute atomic E-state index is 13.6. The monoisotopic (exact) mass is 249 g/mol. The summed E-state index contributed by atoms with van der Waals surface area (Å²) >= 11 is 0. The van der Waals surface area contributed by atoms with E-state index in [4.69, 9.17) is 0 Å². The molecule has 1 atom stereocenters. The van der Waals surface area contributed by atoms with Gasteiger partial charge in [0.15, 0.2) is 5.82 Å². The first-order valence-corrected chi connectivity index (χ1v) is 5.92. The van der Waals surface area contributed by atoms with E-state index in [1.165, 1.54) is 6.07 Å². The molecular formula is C12H16FN5. The van der Waals surface area contributed by atoms with Crippen LogP contribution in [0, 0.1) is 12.7 Å². The molecule has 1 unspecified atom stereocenters. The fraction of sp³-hybridized carbons (Fsp3) is 0.417. The molecule has 0 spiro atoms. The van der Waals surface area contributed by atoms with Gasteiger partial charge in [-0.1, -0.05) is 13.0 Å². The third kappa shape index (κ3) is 2.24. The molecule has 1 heterocycles. The van der Waals surface area contributed by atoms with E-state index < -0.39 is 0 Å². The molecule has 0 saturated carbocycles. The van der Waals surface area contributed by atoms with Gasteiger partial charge in [0, 0.05) is 5.56 Å². The zero-order valence-electron chi connectivity index (χ0n) is 10.7. The number of hydrogen-bond acceptors (Lipinski definition) is 4. The topological polar surface area (TPSA) is 55.6 Å². The van der Waals surface area contributed by atoms with E-state index in [1.54, 1.807) is 23.7 Å². The lowest BCUT2D eigenvalue weighted by Crippen LogP contribution is -2.22. The summed E-state index contributed by atoms with van der Waals surface area (Å²) in [5.74, 6) is 0.413. The molecule has 0 bridgehead atoms. The summed E-state index contributed by atoms with van der Waals surface area (Å²) in [5, 5.41) is 14.8. The predicted octanol–water partition coefficient (Wildman–Crippen LogP) is 1.78. The van der Waals surface area contributed by atoms with E-state index in [-0.39, 0.29) is 11.9 Å². The Balaban J connectivity index is 2.45. The lowest BCUT2D eigenvalue weighted by molar-refractivity contribution is 0.548. The van der Waals surface area contributed by atoms with Crippen molar-refractivity contribution in [1.29, 1.82) is 0 Å². The number of aromatic nitrogens is 4. The van der Waals surface area contributed by atoms with Gasteiger partial charge in [-0.3, -0.25) is 0 Å². The molecule has 0 aliphatic rings. The van der Waals surface area contributed by atoms with Crippen LogP contribution in [0.2, 0.25) is 0 Å². The van der Waals surface area contributed by atoms with Gasteiger partial charge in [0.1, 0.15) is 5.82 Å². The molecule has 18 heavy (non-hydrogen) atoms. The van der Waals surface area contributed by atoms with Crippen molar-refractivity contribution in [2.24, 2.45) is 0 Å². The largest absolute Gasteiger partial charge is 0.308 e. The number of rotatable bonds is 4. The van der Waals surface area contributed by atoms with Crippen molar-refractivity contribution in [2.45, 2.75) is 26.8 Å². The van der Waals surface area contributed by atoms with Gasteiger partial charge in [-0.2, -0.15) is 4.68 Å². The Morgan fingerprint density at radius 3 is 2.94 bits per heavy atom. The SMILES string of the molecule is CCNC(C)c1nnnn1-c1cccc(F)c1C. The summed E-state index contributed by atoms with van der Waals surface area (Å²) in [4.78, 5) is 0. The molecule has 96 valence electrons. The quantitative estimate of drug-likeness (QED) is 0.897. The van der Waals surface area contributed by atoms with Gasteiger partial charge >= 0.3 is 0 Å². The van der Waals surface area contributed by atoms with Gasteiger partial charge in [0.05, 0.1) is 11.7 Å². The summed E-state index contributed by atoms with van der Waals surface area (Å²) in [6, 6.07) is 4.89. The molecule has 0 fully saturated rings. The molecule has 1 aromatic carbocycles. The summed E-state index contributed by atoms with van der Waals surface area (Å²) in [6.07, 6.45) is 0. The molecule has 2 aromatic rings. The fourth-order valence-corrected chi connectivity index (χ4v) is 1.86. The van der Waals surface area contributed by atoms with E-state index >= 15 is 0 Å². The first-order chi connectivity index (χ1) is 8.65. The fourth-order valence-electron chi connectivity index (χ4n) is 1.86. The Hall–Kier alpha value is -1.82. The second-order valence-electron chi connectivity index (χ2n) is 4.11. The number of nitrogens with one attached hydrogen (secondary N) is 1. The number of benzene rings is 1. The van der Waals surface area contributed by atoms with Crippen molar-refractivity contribution in [1.82, 2.24) is 25.5 Å². The zero-order valence-corrected chi connectivity index (χ0v) is 10.7. The normalized spacial score (nSPS) is 12.7. The van der Waals surface area contributed by atoms with Crippen LogP contribution >= 0.6 is 0 Å². The maximum atomic E-state index is 13.6. The summed E-state index contributed by atoms with van der Waals surface area (Å²) in [7, 11) is 0. The highest BCUT2D eigenvalue weighted by atomic mass is 19.1. The lowest BCUT2D eigenvalue weighted by Gasteiger charge is -2.13. The molecule has 5 nitrogen and oxygen atoms in total. The average molecular weight is 249 g/mol. The van der Waals surface area contributed by atoms with Gasteiger partial charge in [-0.05, 0) is 43.0 Å². The van der Waals surface area contributed by atoms with Crippen LogP contribution in [-0.4, -0.2) is 26.8 Å². The zero-order chi connectivity index (χ0) is 13.1. The van der Waals surface area contributed by atoms with Crippen molar-refractivity contribution in [3.05, 3.63) is 35.4 Å². The van der Waals surface area contributed by atoms with Crippen LogP contribution < -0.4 is 5.32 Å². The molecular weight excluding hydrogens is 233 g/mol. The van der Waals surface area contributed by atoms with Crippen LogP contribution in [0.3, 0.4) is 0 Å². The Labute approximate surface area is 105 Å². The summed E-state index contributed by atoms with van der Waals surface area (Å²) < 4.78 is 15.1. The third-order valence-corrected chi connectivity index (χ3v) is 2.86. The second-order valence-corrected chi connectivity index (χ2v) is 4.11. The van der Waals surface area contributed by atoms with Crippen LogP contribution in [0.15, 0.2) is 18.2 Å². The standard InChI is InChI=1S/C12H16FN5/c1-4-14-9(3)12-15-16-17-18(12)11-7-5-6-10(13)8(11)2/h5-7,9,14H,4H2,1-3H3. The molecule has 0 amide bonds. The average Bonchev–Trinajstić information content (AvgIpc) is 2.82. The first-order valence-electron chi connectivity index (χ1n) is 5.92. The molecule has 2 rings (SSSR count). The highest BCUT2D eigenvalue weighted by molar-refractivity contribution is 5.40. The van der Waals surface area contributed by atoms with Crippen molar-refractivity contribution < 1.29 is 4.39 Å². The van der Waals surface area contributed by atoms with Gasteiger partial charge in [0.25, 0.3) is 0 Å². The highest BCUT2D eigenvalue weighted by Crippen LogP contribution is 2.19. The second kappa shape index (κ2) is 5.22. The van der Waals surface area contributed by atoms with E-state index in [1.807, 2.05) is 13.8 Å². The van der Waals surface area contributed by atoms with Crippen LogP contribution in [-0.2, 0) is 0 Å². The van der Waals surface area contributed by atoms with Crippen molar-refractivity contribution in [3.63, 3.8) is 0 Å². The van der Waals surface area contributed by atoms with E-state index in [9.17, 15) is 4.39 Å². The number of hydrogen-bond donors (Lipinski definition) is 1. The summed E-state index contributed by atoms with van der Waals surface area (Å²) in [5.41, 5.74) is 1.20. The molecule has 0 aliphatic heterocycles. The highest BCUT2D eigenvalue weighted by Gasteiger charge is 2.16. The number of nitrogens with zero attached hydrogens (tertiary/aromatic N) is 4. The Morgan fingerprint density at radius 2 is 2.22 bits per heavy atom. The van der Waals surface area contributed by atoms with E-state index in [2.05, 4.69) is 20.8 Å². The lowest BCUT2D eigenvalue weighted by atomic mass is 10.2. The smallest absolute Gasteiger partial charge is 0.173 e. The van der Waals surface area contributed by atoms with Crippen LogP contribution in [0.5, 0.6) is 0 Å². The predicted molar refractivity (Wildman–Crippen MR) is 65.9 cm³/mol. The van der Waals surface area contributed by atoms with Gasteiger partial charge in [0.2, 0.25) is 0 Å². The molecule has 0 radical (unpaired) electrons. The minimum absolute atomic E-state index is 0.00710. The Morgan fingerprint density at radius 1 is 1.44 bits per heavy atom. The van der Waals surface area contributed by atoms with Gasteiger partial charge in [-0.25, -0.2) is 4.39 Å². The third-order valence-electron chi connectivity index (χ3n) is 2.86. The van der Waals surface area contributed by atoms with Crippen LogP contribution in [0.1, 0.15) is 31.3 Å². The van der Waals surface area contributed by atoms with Crippen molar-refractivity contribution in [2.75, 3.05) is 6.54 Å². The van der Waals surface area contributed by atoms with Crippen LogP contribution in [0.4, 0.5) is 4.39 Å². The molecule has 0 aliphatic carbocycles. The summed E-state index contributed by atoms with van der Waals surface area (Å²) in [6.45, 7) is 6.52. The first kappa shape index (κ1) is 12.6. The minimum atomic E-state index is -0.259. The Bertz CT molecular complexity index is 537. The van der Waals surface area contributed by atoms with Gasteiger partial charge in [-0.15, -0.1) is 5.10 Å². The van der Waals surface area contributed by atoms with E-state index in [0.29, 0.717) is 17.1 Å². The molecule has 6 heteroatoms.